The Labute approximate surface area is 186 Å². The van der Waals surface area contributed by atoms with Gasteiger partial charge >= 0.3 is 187 Å². The molecule has 1 aromatic heterocycles. The van der Waals surface area contributed by atoms with Gasteiger partial charge in [-0.05, 0) is 0 Å². The Morgan fingerprint density at radius 2 is 1.83 bits per heavy atom. The van der Waals surface area contributed by atoms with E-state index in [0.717, 1.165) is 61.2 Å². The van der Waals surface area contributed by atoms with Gasteiger partial charge in [0.2, 0.25) is 0 Å². The summed E-state index contributed by atoms with van der Waals surface area (Å²) in [5, 5.41) is 0.762. The number of aromatic nitrogens is 1. The third-order valence-electron chi connectivity index (χ3n) is 4.87. The Kier molecular flexibility index (Phi) is 8.39. The van der Waals surface area contributed by atoms with E-state index in [0.29, 0.717) is 0 Å². The summed E-state index contributed by atoms with van der Waals surface area (Å²) in [5.41, 5.74) is 3.20. The molecule has 0 aliphatic heterocycles. The van der Waals surface area contributed by atoms with Crippen molar-refractivity contribution in [2.75, 3.05) is 0 Å². The van der Waals surface area contributed by atoms with Gasteiger partial charge in [-0.15, -0.1) is 0 Å². The van der Waals surface area contributed by atoms with Crippen molar-refractivity contribution in [3.05, 3.63) is 53.6 Å². The Bertz CT molecular complexity index is 964. The molecule has 0 bridgehead atoms. The molecule has 0 radical (unpaired) electrons. The van der Waals surface area contributed by atoms with Crippen LogP contribution in [0.4, 0.5) is 5.13 Å². The van der Waals surface area contributed by atoms with Crippen molar-refractivity contribution in [3.63, 3.8) is 0 Å². The molecule has 3 nitrogen and oxygen atoms in total. The van der Waals surface area contributed by atoms with Gasteiger partial charge in [-0.3, -0.25) is 0 Å². The summed E-state index contributed by atoms with van der Waals surface area (Å²) in [6, 6.07) is 14.4. The summed E-state index contributed by atoms with van der Waals surface area (Å²) in [6.45, 7) is 6.52. The van der Waals surface area contributed by atoms with Crippen LogP contribution in [-0.2, 0) is 0 Å². The van der Waals surface area contributed by atoms with E-state index >= 15 is 0 Å². The molecule has 0 saturated carbocycles. The molecule has 0 N–H and O–H groups in total. The predicted molar refractivity (Wildman–Crippen MR) is 130 cm³/mol. The number of unbranched alkanes of at least 4 members (excludes halogenated alkanes) is 2. The fourth-order valence-electron chi connectivity index (χ4n) is 3.19. The summed E-state index contributed by atoms with van der Waals surface area (Å²) in [6.07, 6.45) is 6.46. The second-order valence-electron chi connectivity index (χ2n) is 7.46. The van der Waals surface area contributed by atoms with Gasteiger partial charge in [-0.1, -0.05) is 0 Å². The summed E-state index contributed by atoms with van der Waals surface area (Å²) in [5.74, 6) is 0.867. The van der Waals surface area contributed by atoms with Crippen molar-refractivity contribution < 1.29 is 3.07 Å². The number of benzene rings is 2. The summed E-state index contributed by atoms with van der Waals surface area (Å²) >= 11 is -1.54. The zero-order valence-electron chi connectivity index (χ0n) is 17.5. The SMILES string of the molecule is CCC[CH2][Sn]([Cl])([CH2]CCC)[O]c1ccccc1C=Nc1nc2ccc(C)cc2s1. The van der Waals surface area contributed by atoms with Crippen LogP contribution in [0.25, 0.3) is 10.2 Å². The van der Waals surface area contributed by atoms with Crippen molar-refractivity contribution in [1.82, 2.24) is 4.98 Å². The van der Waals surface area contributed by atoms with Crippen LogP contribution in [0.15, 0.2) is 47.5 Å². The molecule has 6 heteroatoms. The summed E-state index contributed by atoms with van der Waals surface area (Å²) in [7, 11) is 7.12. The van der Waals surface area contributed by atoms with Crippen LogP contribution < -0.4 is 3.07 Å². The summed E-state index contributed by atoms with van der Waals surface area (Å²) < 4.78 is 9.83. The predicted octanol–water partition coefficient (Wildman–Crippen LogP) is 8.02. The molecule has 0 amide bonds. The molecule has 3 aromatic rings. The number of hydrogen-bond acceptors (Lipinski definition) is 4. The molecule has 1 heterocycles. The molecule has 0 spiro atoms. The topological polar surface area (TPSA) is 34.5 Å². The number of aliphatic imine (C=N–C) groups is 1. The number of aryl methyl sites for hydroxylation is 1. The normalized spacial score (nSPS) is 12.1. The fourth-order valence-corrected chi connectivity index (χ4v) is 14.4. The van der Waals surface area contributed by atoms with Crippen molar-refractivity contribution in [3.8, 4) is 5.75 Å². The molecule has 0 saturated heterocycles. The van der Waals surface area contributed by atoms with E-state index in [9.17, 15) is 0 Å². The van der Waals surface area contributed by atoms with Crippen molar-refractivity contribution in [1.29, 1.82) is 0 Å². The summed E-state index contributed by atoms with van der Waals surface area (Å²) in [4.78, 5) is 9.26. The minimum atomic E-state index is -3.15. The zero-order chi connectivity index (χ0) is 20.7. The number of para-hydroxylation sites is 1. The third kappa shape index (κ3) is 6.43. The fraction of sp³-hybridized carbons (Fsp3) is 0.391. The number of thiazole rings is 1. The number of hydrogen-bond donors (Lipinski definition) is 0. The molecule has 0 fully saturated rings. The molecular weight excluding hydrogens is 506 g/mol. The van der Waals surface area contributed by atoms with Crippen LogP contribution >= 0.6 is 20.3 Å². The van der Waals surface area contributed by atoms with Crippen LogP contribution in [0, 0.1) is 6.92 Å². The van der Waals surface area contributed by atoms with E-state index in [2.05, 4.69) is 48.9 Å². The number of halogens is 1. The van der Waals surface area contributed by atoms with Gasteiger partial charge < -0.3 is 0 Å². The van der Waals surface area contributed by atoms with Gasteiger partial charge in [0.1, 0.15) is 0 Å². The number of nitrogens with zero attached hydrogens (tertiary/aromatic N) is 2. The van der Waals surface area contributed by atoms with E-state index in [4.69, 9.17) is 12.0 Å². The number of fused-ring (bicyclic) bond motifs is 1. The Hall–Kier alpha value is -1.11. The van der Waals surface area contributed by atoms with Gasteiger partial charge in [0.05, 0.1) is 0 Å². The van der Waals surface area contributed by atoms with Crippen LogP contribution in [0.5, 0.6) is 5.75 Å². The molecule has 2 aromatic carbocycles. The average molecular weight is 536 g/mol. The van der Waals surface area contributed by atoms with Gasteiger partial charge in [0.15, 0.2) is 0 Å². The number of rotatable bonds is 10. The van der Waals surface area contributed by atoms with Crippen LogP contribution in [0.2, 0.25) is 8.87 Å². The first-order valence-electron chi connectivity index (χ1n) is 10.4. The Morgan fingerprint density at radius 1 is 1.10 bits per heavy atom. The van der Waals surface area contributed by atoms with E-state index in [1.807, 2.05) is 30.5 Å². The Morgan fingerprint density at radius 3 is 2.55 bits per heavy atom. The molecule has 0 atom stereocenters. The quantitative estimate of drug-likeness (QED) is 0.195. The molecule has 0 aliphatic rings. The molecule has 0 aliphatic carbocycles. The van der Waals surface area contributed by atoms with Gasteiger partial charge in [0.25, 0.3) is 0 Å². The van der Waals surface area contributed by atoms with E-state index in [-0.39, 0.29) is 0 Å². The molecular formula is C23H29ClN2OSSn. The van der Waals surface area contributed by atoms with E-state index in [1.54, 1.807) is 11.3 Å². The van der Waals surface area contributed by atoms with Crippen LogP contribution in [0.3, 0.4) is 0 Å². The first kappa shape index (κ1) is 22.6. The van der Waals surface area contributed by atoms with Crippen molar-refractivity contribution >= 4 is 59.5 Å². The first-order valence-corrected chi connectivity index (χ1v) is 20.0. The second-order valence-corrected chi connectivity index (χ2v) is 21.6. The van der Waals surface area contributed by atoms with Gasteiger partial charge in [-0.2, -0.15) is 0 Å². The molecule has 29 heavy (non-hydrogen) atoms. The maximum absolute atomic E-state index is 7.12. The van der Waals surface area contributed by atoms with Crippen molar-refractivity contribution in [2.24, 2.45) is 4.99 Å². The molecule has 0 unspecified atom stereocenters. The molecule has 154 valence electrons. The van der Waals surface area contributed by atoms with Gasteiger partial charge in [0, 0.05) is 0 Å². The monoisotopic (exact) mass is 536 g/mol. The Balaban J connectivity index is 1.82. The average Bonchev–Trinajstić information content (AvgIpc) is 3.12. The molecule has 3 rings (SSSR count). The minimum absolute atomic E-state index is 0.762. The van der Waals surface area contributed by atoms with Crippen LogP contribution in [-0.4, -0.2) is 28.9 Å². The third-order valence-corrected chi connectivity index (χ3v) is 16.8. The van der Waals surface area contributed by atoms with Crippen LogP contribution in [0.1, 0.15) is 50.7 Å². The van der Waals surface area contributed by atoms with Crippen molar-refractivity contribution in [2.45, 2.75) is 55.3 Å². The van der Waals surface area contributed by atoms with Gasteiger partial charge in [-0.25, -0.2) is 0 Å². The first-order chi connectivity index (χ1) is 14.0. The van der Waals surface area contributed by atoms with E-state index < -0.39 is 17.7 Å². The standard InChI is InChI=1S/C15H12N2OS.2C4H9.ClH.Sn/c1-10-6-7-12-14(8-10)19-15(17-12)16-9-11-4-2-3-5-13(11)18;2*1-3-4-2;;/h2-9,18H,1H3;2*1,3-4H2,2H3;1H;/q;;;;+2/p-2. The second kappa shape index (κ2) is 10.8. The zero-order valence-corrected chi connectivity index (χ0v) is 21.9. The maximum atomic E-state index is 7.12. The van der Waals surface area contributed by atoms with E-state index in [1.165, 1.54) is 5.56 Å².